The van der Waals surface area contributed by atoms with Crippen LogP contribution in [0.5, 0.6) is 0 Å². The highest BCUT2D eigenvalue weighted by atomic mass is 16.6. The summed E-state index contributed by atoms with van der Waals surface area (Å²) < 4.78 is 10.6. The largest absolute Gasteiger partial charge is 0.465 e. The zero-order chi connectivity index (χ0) is 31.4. The van der Waals surface area contributed by atoms with Gasteiger partial charge in [-0.05, 0) is 73.1 Å². The number of aromatic amines is 1. The van der Waals surface area contributed by atoms with E-state index in [1.807, 2.05) is 48.7 Å². The number of nitriles is 1. The Morgan fingerprint density at radius 3 is 2.35 bits per heavy atom. The van der Waals surface area contributed by atoms with Crippen LogP contribution in [0.25, 0.3) is 22.0 Å². The number of ether oxygens (including phenoxy) is 2. The topological polar surface area (TPSA) is 116 Å². The first-order chi connectivity index (χ1) is 20.3. The van der Waals surface area contributed by atoms with E-state index in [1.165, 1.54) is 12.7 Å². The summed E-state index contributed by atoms with van der Waals surface area (Å²) >= 11 is 0. The molecule has 0 fully saturated rings. The van der Waals surface area contributed by atoms with Crippen LogP contribution in [-0.2, 0) is 21.3 Å². The van der Waals surface area contributed by atoms with Gasteiger partial charge in [0.2, 0.25) is 0 Å². The highest BCUT2D eigenvalue weighted by Gasteiger charge is 2.29. The van der Waals surface area contributed by atoms with Gasteiger partial charge in [-0.15, -0.1) is 0 Å². The number of anilines is 1. The molecule has 0 bridgehead atoms. The Morgan fingerprint density at radius 1 is 0.953 bits per heavy atom. The Labute approximate surface area is 253 Å². The van der Waals surface area contributed by atoms with Gasteiger partial charge in [0.15, 0.2) is 0 Å². The Morgan fingerprint density at radius 2 is 1.67 bits per heavy atom. The van der Waals surface area contributed by atoms with E-state index in [-0.39, 0.29) is 11.0 Å². The number of carbonyl (C=O) groups excluding carboxylic acids is 2. The standard InChI is InChI=1S/C35H40N4O4/c1-34(2,3)25-12-10-11-22(17-25)23-15-16-29(27(18-23)32(40)42-7)38-31(20-36)30(39-33(41)43-35(4,5)6)19-24-21-37-28-14-9-8-13-26(24)28/h8-18,21,30-31,37-38H,19H2,1-7H3,(H,39,41). The number of rotatable bonds is 8. The number of esters is 1. The van der Waals surface area contributed by atoms with Gasteiger partial charge in [-0.25, -0.2) is 9.59 Å². The predicted octanol–water partition coefficient (Wildman–Crippen LogP) is 7.36. The fraction of sp³-hybridized carbons (Fsp3) is 0.343. The van der Waals surface area contributed by atoms with Gasteiger partial charge in [0.1, 0.15) is 11.6 Å². The lowest BCUT2D eigenvalue weighted by Gasteiger charge is -2.27. The van der Waals surface area contributed by atoms with Gasteiger partial charge in [0.25, 0.3) is 0 Å². The minimum Gasteiger partial charge on any atom is -0.465 e. The average molecular weight is 581 g/mol. The fourth-order valence-corrected chi connectivity index (χ4v) is 4.93. The predicted molar refractivity (Wildman–Crippen MR) is 170 cm³/mol. The second-order valence-electron chi connectivity index (χ2n) is 12.7. The number of fused-ring (bicyclic) bond motifs is 1. The van der Waals surface area contributed by atoms with Crippen molar-refractivity contribution < 1.29 is 19.1 Å². The molecule has 2 atom stereocenters. The molecule has 2 unspecified atom stereocenters. The third-order valence-electron chi connectivity index (χ3n) is 7.16. The third kappa shape index (κ3) is 7.75. The number of carbonyl (C=O) groups is 2. The van der Waals surface area contributed by atoms with Crippen LogP contribution in [0.2, 0.25) is 0 Å². The van der Waals surface area contributed by atoms with Crippen molar-refractivity contribution in [3.63, 3.8) is 0 Å². The number of aromatic nitrogens is 1. The normalized spacial score (nSPS) is 13.1. The van der Waals surface area contributed by atoms with Crippen LogP contribution in [0, 0.1) is 11.3 Å². The van der Waals surface area contributed by atoms with Crippen molar-refractivity contribution in [3.8, 4) is 17.2 Å². The minimum absolute atomic E-state index is 0.0381. The van der Waals surface area contributed by atoms with Crippen LogP contribution in [-0.4, -0.2) is 41.8 Å². The van der Waals surface area contributed by atoms with Crippen LogP contribution in [0.3, 0.4) is 0 Å². The molecule has 3 aromatic carbocycles. The highest BCUT2D eigenvalue weighted by Crippen LogP contribution is 2.31. The zero-order valence-corrected chi connectivity index (χ0v) is 25.9. The van der Waals surface area contributed by atoms with E-state index >= 15 is 0 Å². The number of alkyl carbamates (subject to hydrolysis) is 1. The monoisotopic (exact) mass is 580 g/mol. The Hall–Kier alpha value is -4.77. The third-order valence-corrected chi connectivity index (χ3v) is 7.16. The summed E-state index contributed by atoms with van der Waals surface area (Å²) in [5.74, 6) is -0.540. The molecule has 43 heavy (non-hydrogen) atoms. The Bertz CT molecular complexity index is 1650. The molecule has 1 aromatic heterocycles. The lowest BCUT2D eigenvalue weighted by molar-refractivity contribution is 0.0501. The molecule has 0 spiro atoms. The van der Waals surface area contributed by atoms with E-state index in [4.69, 9.17) is 9.47 Å². The first-order valence-corrected chi connectivity index (χ1v) is 14.3. The molecule has 0 aliphatic carbocycles. The van der Waals surface area contributed by atoms with Crippen molar-refractivity contribution in [3.05, 3.63) is 89.6 Å². The van der Waals surface area contributed by atoms with Gasteiger partial charge < -0.3 is 25.1 Å². The van der Waals surface area contributed by atoms with Gasteiger partial charge in [-0.1, -0.05) is 69.3 Å². The van der Waals surface area contributed by atoms with Crippen molar-refractivity contribution in [2.45, 2.75) is 71.1 Å². The molecular weight excluding hydrogens is 540 g/mol. The molecule has 0 aliphatic rings. The smallest absolute Gasteiger partial charge is 0.407 e. The molecule has 1 amide bonds. The first kappa shape index (κ1) is 31.2. The lowest BCUT2D eigenvalue weighted by Crippen LogP contribution is -2.49. The summed E-state index contributed by atoms with van der Waals surface area (Å²) in [5, 5.41) is 17.4. The summed E-state index contributed by atoms with van der Waals surface area (Å²) in [6.45, 7) is 11.8. The van der Waals surface area contributed by atoms with Crippen molar-refractivity contribution in [1.82, 2.24) is 10.3 Å². The minimum atomic E-state index is -0.917. The number of benzene rings is 3. The number of amides is 1. The molecule has 3 N–H and O–H groups in total. The van der Waals surface area contributed by atoms with Crippen LogP contribution in [0.1, 0.15) is 63.0 Å². The van der Waals surface area contributed by atoms with Gasteiger partial charge >= 0.3 is 12.1 Å². The zero-order valence-electron chi connectivity index (χ0n) is 25.9. The molecule has 0 saturated carbocycles. The van der Waals surface area contributed by atoms with Gasteiger partial charge in [0.05, 0.1) is 24.8 Å². The molecule has 4 rings (SSSR count). The number of methoxy groups -OCH3 is 1. The van der Waals surface area contributed by atoms with E-state index in [2.05, 4.69) is 54.6 Å². The lowest BCUT2D eigenvalue weighted by atomic mass is 9.85. The molecule has 8 nitrogen and oxygen atoms in total. The van der Waals surface area contributed by atoms with Crippen molar-refractivity contribution in [1.29, 1.82) is 5.26 Å². The molecule has 1 heterocycles. The van der Waals surface area contributed by atoms with Crippen LogP contribution in [0.15, 0.2) is 72.9 Å². The number of H-pyrrole nitrogens is 1. The van der Waals surface area contributed by atoms with E-state index in [0.717, 1.165) is 27.6 Å². The van der Waals surface area contributed by atoms with Gasteiger partial charge in [-0.2, -0.15) is 5.26 Å². The number of hydrogen-bond donors (Lipinski definition) is 3. The first-order valence-electron chi connectivity index (χ1n) is 14.3. The van der Waals surface area contributed by atoms with E-state index in [9.17, 15) is 14.9 Å². The second-order valence-corrected chi connectivity index (χ2v) is 12.7. The van der Waals surface area contributed by atoms with E-state index in [1.54, 1.807) is 32.9 Å². The van der Waals surface area contributed by atoms with E-state index < -0.39 is 29.7 Å². The molecule has 4 aromatic rings. The fourth-order valence-electron chi connectivity index (χ4n) is 4.93. The van der Waals surface area contributed by atoms with Crippen LogP contribution >= 0.6 is 0 Å². The van der Waals surface area contributed by atoms with Gasteiger partial charge in [-0.3, -0.25) is 0 Å². The Balaban J connectivity index is 1.70. The van der Waals surface area contributed by atoms with Crippen molar-refractivity contribution >= 4 is 28.7 Å². The molecule has 0 radical (unpaired) electrons. The summed E-state index contributed by atoms with van der Waals surface area (Å²) in [6.07, 6.45) is 1.57. The number of nitrogens with zero attached hydrogens (tertiary/aromatic N) is 1. The number of nitrogens with one attached hydrogen (secondary N) is 3. The van der Waals surface area contributed by atoms with Gasteiger partial charge in [0, 0.05) is 22.8 Å². The molecule has 224 valence electrons. The van der Waals surface area contributed by atoms with Crippen molar-refractivity contribution in [2.75, 3.05) is 12.4 Å². The SMILES string of the molecule is COC(=O)c1cc(-c2cccc(C(C)(C)C)c2)ccc1NC(C#N)C(Cc1c[nH]c2ccccc12)NC(=O)OC(C)(C)C. The van der Waals surface area contributed by atoms with Crippen LogP contribution in [0.4, 0.5) is 10.5 Å². The maximum atomic E-state index is 13.0. The second kappa shape index (κ2) is 12.6. The van der Waals surface area contributed by atoms with Crippen molar-refractivity contribution in [2.24, 2.45) is 0 Å². The van der Waals surface area contributed by atoms with Crippen LogP contribution < -0.4 is 10.6 Å². The average Bonchev–Trinajstić information content (AvgIpc) is 3.36. The number of para-hydroxylation sites is 1. The Kier molecular flexibility index (Phi) is 9.15. The summed E-state index contributed by atoms with van der Waals surface area (Å²) in [5.41, 5.74) is 4.80. The maximum Gasteiger partial charge on any atom is 0.407 e. The summed E-state index contributed by atoms with van der Waals surface area (Å²) in [4.78, 5) is 29.1. The maximum absolute atomic E-state index is 13.0. The molecule has 0 aliphatic heterocycles. The summed E-state index contributed by atoms with van der Waals surface area (Å²) in [7, 11) is 1.32. The molecular formula is C35H40N4O4. The van der Waals surface area contributed by atoms with E-state index in [0.29, 0.717) is 12.1 Å². The molecule has 8 heteroatoms. The molecule has 0 saturated heterocycles. The highest BCUT2D eigenvalue weighted by molar-refractivity contribution is 5.97. The quantitative estimate of drug-likeness (QED) is 0.188. The summed E-state index contributed by atoms with van der Waals surface area (Å²) in [6, 6.07) is 22.2. The number of hydrogen-bond acceptors (Lipinski definition) is 6.